The summed E-state index contributed by atoms with van der Waals surface area (Å²) < 4.78 is 1.91. The third-order valence-corrected chi connectivity index (χ3v) is 4.90. The molecule has 1 aliphatic heterocycles. The topological polar surface area (TPSA) is 109 Å². The van der Waals surface area contributed by atoms with Gasteiger partial charge in [0.1, 0.15) is 17.2 Å². The van der Waals surface area contributed by atoms with E-state index in [2.05, 4.69) is 54.8 Å². The van der Waals surface area contributed by atoms with E-state index in [1.165, 1.54) is 11.9 Å². The van der Waals surface area contributed by atoms with Crippen LogP contribution in [-0.2, 0) is 0 Å². The van der Waals surface area contributed by atoms with Crippen LogP contribution in [0.3, 0.4) is 0 Å². The van der Waals surface area contributed by atoms with Crippen molar-refractivity contribution in [2.75, 3.05) is 42.1 Å². The van der Waals surface area contributed by atoms with Crippen molar-refractivity contribution < 1.29 is 0 Å². The second-order valence-electron chi connectivity index (χ2n) is 6.87. The smallest absolute Gasteiger partial charge is 0.180 e. The standard InChI is InChI=1S/C20H21N9/c21-18-12-23-11-16(26-18)17-13-29-10-7-24-20(29)19(27-17)25-14-1-3-15(4-2-14)28-8-5-22-6-9-28/h1-4,7,10-13,22H,5-6,8-9H2,(H2,21,26)(H,25,27). The summed E-state index contributed by atoms with van der Waals surface area (Å²) in [6, 6.07) is 8.38. The Balaban J connectivity index is 1.46. The van der Waals surface area contributed by atoms with Crippen LogP contribution in [0.2, 0.25) is 0 Å². The number of hydrogen-bond donors (Lipinski definition) is 3. The summed E-state index contributed by atoms with van der Waals surface area (Å²) in [5, 5.41) is 6.76. The van der Waals surface area contributed by atoms with Gasteiger partial charge in [0.05, 0.1) is 12.4 Å². The Morgan fingerprint density at radius 2 is 1.83 bits per heavy atom. The van der Waals surface area contributed by atoms with E-state index in [0.717, 1.165) is 37.5 Å². The fraction of sp³-hybridized carbons (Fsp3) is 0.200. The molecule has 146 valence electrons. The van der Waals surface area contributed by atoms with Crippen molar-refractivity contribution >= 4 is 28.7 Å². The van der Waals surface area contributed by atoms with Gasteiger partial charge in [-0.3, -0.25) is 4.98 Å². The summed E-state index contributed by atoms with van der Waals surface area (Å²) in [4.78, 5) is 20.0. The number of hydrogen-bond acceptors (Lipinski definition) is 8. The molecular formula is C20H21N9. The van der Waals surface area contributed by atoms with Gasteiger partial charge in [0, 0.05) is 56.1 Å². The second-order valence-corrected chi connectivity index (χ2v) is 6.87. The van der Waals surface area contributed by atoms with E-state index in [1.807, 2.05) is 16.8 Å². The number of nitrogens with one attached hydrogen (secondary N) is 2. The maximum Gasteiger partial charge on any atom is 0.180 e. The highest BCUT2D eigenvalue weighted by atomic mass is 15.2. The highest BCUT2D eigenvalue weighted by Gasteiger charge is 2.13. The first kappa shape index (κ1) is 17.4. The Morgan fingerprint density at radius 3 is 2.62 bits per heavy atom. The van der Waals surface area contributed by atoms with Crippen molar-refractivity contribution in [3.05, 3.63) is 55.2 Å². The summed E-state index contributed by atoms with van der Waals surface area (Å²) >= 11 is 0. The number of rotatable bonds is 4. The van der Waals surface area contributed by atoms with Crippen molar-refractivity contribution in [2.24, 2.45) is 0 Å². The molecule has 9 nitrogen and oxygen atoms in total. The van der Waals surface area contributed by atoms with Gasteiger partial charge in [-0.05, 0) is 24.3 Å². The predicted molar refractivity (Wildman–Crippen MR) is 113 cm³/mol. The third kappa shape index (κ3) is 3.55. The van der Waals surface area contributed by atoms with E-state index in [-0.39, 0.29) is 0 Å². The lowest BCUT2D eigenvalue weighted by atomic mass is 10.2. The number of imidazole rings is 1. The second kappa shape index (κ2) is 7.36. The molecule has 0 unspecified atom stereocenters. The van der Waals surface area contributed by atoms with E-state index in [0.29, 0.717) is 23.0 Å². The Labute approximate surface area is 167 Å². The van der Waals surface area contributed by atoms with Gasteiger partial charge in [0.2, 0.25) is 0 Å². The van der Waals surface area contributed by atoms with Gasteiger partial charge in [-0.2, -0.15) is 0 Å². The molecule has 4 heterocycles. The fourth-order valence-corrected chi connectivity index (χ4v) is 3.46. The van der Waals surface area contributed by atoms with Crippen molar-refractivity contribution in [3.8, 4) is 11.4 Å². The van der Waals surface area contributed by atoms with Gasteiger partial charge >= 0.3 is 0 Å². The molecule has 1 aromatic carbocycles. The average Bonchev–Trinajstić information content (AvgIpc) is 3.24. The lowest BCUT2D eigenvalue weighted by molar-refractivity contribution is 0.589. The molecule has 1 saturated heterocycles. The molecule has 0 amide bonds. The highest BCUT2D eigenvalue weighted by Crippen LogP contribution is 2.25. The Hall–Kier alpha value is -3.72. The predicted octanol–water partition coefficient (Wildman–Crippen LogP) is 1.92. The molecule has 3 aromatic heterocycles. The first-order valence-corrected chi connectivity index (χ1v) is 9.51. The number of nitrogens with zero attached hydrogens (tertiary/aromatic N) is 6. The number of piperazine rings is 1. The van der Waals surface area contributed by atoms with Crippen LogP contribution < -0.4 is 21.3 Å². The van der Waals surface area contributed by atoms with Gasteiger partial charge in [-0.15, -0.1) is 0 Å². The molecular weight excluding hydrogens is 366 g/mol. The molecule has 29 heavy (non-hydrogen) atoms. The van der Waals surface area contributed by atoms with Gasteiger partial charge < -0.3 is 25.7 Å². The zero-order chi connectivity index (χ0) is 19.6. The van der Waals surface area contributed by atoms with Crippen molar-refractivity contribution in [3.63, 3.8) is 0 Å². The normalized spacial score (nSPS) is 14.3. The number of benzene rings is 1. The number of nitrogens with two attached hydrogens (primary N) is 1. The van der Waals surface area contributed by atoms with E-state index < -0.39 is 0 Å². The minimum absolute atomic E-state index is 0.355. The molecule has 5 rings (SSSR count). The molecule has 4 N–H and O–H groups in total. The first-order chi connectivity index (χ1) is 14.3. The number of anilines is 4. The lowest BCUT2D eigenvalue weighted by Crippen LogP contribution is -2.43. The quantitative estimate of drug-likeness (QED) is 0.487. The fourth-order valence-electron chi connectivity index (χ4n) is 3.46. The van der Waals surface area contributed by atoms with E-state index in [9.17, 15) is 0 Å². The van der Waals surface area contributed by atoms with Gasteiger partial charge in [0.15, 0.2) is 11.5 Å². The van der Waals surface area contributed by atoms with Gasteiger partial charge in [-0.1, -0.05) is 0 Å². The minimum Gasteiger partial charge on any atom is -0.382 e. The van der Waals surface area contributed by atoms with Crippen LogP contribution >= 0.6 is 0 Å². The largest absolute Gasteiger partial charge is 0.382 e. The highest BCUT2D eigenvalue weighted by molar-refractivity contribution is 5.73. The summed E-state index contributed by atoms with van der Waals surface area (Å²) in [5.74, 6) is 1.000. The maximum absolute atomic E-state index is 5.78. The SMILES string of the molecule is Nc1cncc(-c2cn3ccnc3c(Nc3ccc(N4CCNCC4)cc3)n2)n1. The zero-order valence-electron chi connectivity index (χ0n) is 15.8. The summed E-state index contributed by atoms with van der Waals surface area (Å²) in [7, 11) is 0. The molecule has 0 atom stereocenters. The molecule has 9 heteroatoms. The van der Waals surface area contributed by atoms with Crippen LogP contribution in [-0.4, -0.2) is 50.5 Å². The van der Waals surface area contributed by atoms with Crippen molar-refractivity contribution in [2.45, 2.75) is 0 Å². The molecule has 1 fully saturated rings. The number of aromatic nitrogens is 5. The number of nitrogen functional groups attached to an aromatic ring is 1. The van der Waals surface area contributed by atoms with Crippen LogP contribution in [0.25, 0.3) is 17.0 Å². The minimum atomic E-state index is 0.355. The average molecular weight is 387 g/mol. The monoisotopic (exact) mass is 387 g/mol. The Morgan fingerprint density at radius 1 is 1.00 bits per heavy atom. The van der Waals surface area contributed by atoms with Crippen LogP contribution in [0.1, 0.15) is 0 Å². The molecule has 0 aliphatic carbocycles. The number of fused-ring (bicyclic) bond motifs is 1. The van der Waals surface area contributed by atoms with Crippen LogP contribution in [0.5, 0.6) is 0 Å². The molecule has 1 aliphatic rings. The Kier molecular flexibility index (Phi) is 4.41. The van der Waals surface area contributed by atoms with E-state index in [1.54, 1.807) is 12.4 Å². The van der Waals surface area contributed by atoms with Gasteiger partial charge in [-0.25, -0.2) is 15.0 Å². The molecule has 0 bridgehead atoms. The molecule has 4 aromatic rings. The molecule has 0 saturated carbocycles. The Bertz CT molecular complexity index is 1130. The summed E-state index contributed by atoms with van der Waals surface area (Å²) in [6.45, 7) is 4.07. The molecule has 0 spiro atoms. The van der Waals surface area contributed by atoms with Crippen LogP contribution in [0.4, 0.5) is 23.0 Å². The zero-order valence-corrected chi connectivity index (χ0v) is 15.8. The van der Waals surface area contributed by atoms with Gasteiger partial charge in [0.25, 0.3) is 0 Å². The van der Waals surface area contributed by atoms with Crippen molar-refractivity contribution in [1.29, 1.82) is 0 Å². The van der Waals surface area contributed by atoms with Crippen LogP contribution in [0.15, 0.2) is 55.2 Å². The molecule has 0 radical (unpaired) electrons. The van der Waals surface area contributed by atoms with Crippen molar-refractivity contribution in [1.82, 2.24) is 29.7 Å². The van der Waals surface area contributed by atoms with Crippen LogP contribution in [0, 0.1) is 0 Å². The first-order valence-electron chi connectivity index (χ1n) is 9.51. The van der Waals surface area contributed by atoms with E-state index >= 15 is 0 Å². The van der Waals surface area contributed by atoms with E-state index in [4.69, 9.17) is 10.7 Å². The summed E-state index contributed by atoms with van der Waals surface area (Å²) in [5.41, 5.74) is 9.95. The third-order valence-electron chi connectivity index (χ3n) is 4.90. The maximum atomic E-state index is 5.78. The summed E-state index contributed by atoms with van der Waals surface area (Å²) in [6.07, 6.45) is 8.64. The lowest BCUT2D eigenvalue weighted by Gasteiger charge is -2.29.